The highest BCUT2D eigenvalue weighted by molar-refractivity contribution is 9.10. The molecule has 92 valence electrons. The maximum absolute atomic E-state index is 12.3. The number of halogens is 2. The Morgan fingerprint density at radius 3 is 2.72 bits per heavy atom. The van der Waals surface area contributed by atoms with Gasteiger partial charge < -0.3 is 0 Å². The summed E-state index contributed by atoms with van der Waals surface area (Å²) in [5.41, 5.74) is 0.516. The van der Waals surface area contributed by atoms with Gasteiger partial charge in [0.1, 0.15) is 5.82 Å². The average molecular weight is 326 g/mol. The molecule has 0 fully saturated rings. The van der Waals surface area contributed by atoms with Crippen LogP contribution < -0.4 is 4.90 Å². The standard InChI is InChI=1S/C13H10BrClN2O/c1-17(12-4-2-3-5-16-12)13(18)9-6-10(14)8-11(15)7-9/h2-8H,1H3. The Morgan fingerprint density at radius 1 is 1.33 bits per heavy atom. The van der Waals surface area contributed by atoms with Crippen molar-refractivity contribution in [3.8, 4) is 0 Å². The average Bonchev–Trinajstić information content (AvgIpc) is 2.37. The first-order chi connectivity index (χ1) is 8.58. The van der Waals surface area contributed by atoms with Crippen molar-refractivity contribution in [3.05, 3.63) is 57.7 Å². The van der Waals surface area contributed by atoms with Crippen LogP contribution in [-0.4, -0.2) is 17.9 Å². The fraction of sp³-hybridized carbons (Fsp3) is 0.0769. The third-order valence-corrected chi connectivity index (χ3v) is 3.08. The lowest BCUT2D eigenvalue weighted by atomic mass is 10.2. The number of anilines is 1. The van der Waals surface area contributed by atoms with Crippen LogP contribution in [-0.2, 0) is 0 Å². The van der Waals surface area contributed by atoms with Gasteiger partial charge in [-0.25, -0.2) is 4.98 Å². The van der Waals surface area contributed by atoms with Crippen molar-refractivity contribution < 1.29 is 4.79 Å². The molecule has 0 spiro atoms. The second-order valence-corrected chi connectivity index (χ2v) is 5.06. The highest BCUT2D eigenvalue weighted by atomic mass is 79.9. The fourth-order valence-electron chi connectivity index (χ4n) is 1.53. The molecule has 1 aromatic heterocycles. The summed E-state index contributed by atoms with van der Waals surface area (Å²) < 4.78 is 0.771. The summed E-state index contributed by atoms with van der Waals surface area (Å²) in [6, 6.07) is 10.5. The second-order valence-electron chi connectivity index (χ2n) is 3.71. The number of benzene rings is 1. The van der Waals surface area contributed by atoms with Crippen LogP contribution in [0.4, 0.5) is 5.82 Å². The Balaban J connectivity index is 2.31. The molecule has 0 unspecified atom stereocenters. The molecule has 0 saturated carbocycles. The van der Waals surface area contributed by atoms with Crippen LogP contribution in [0.25, 0.3) is 0 Å². The third kappa shape index (κ3) is 2.89. The van der Waals surface area contributed by atoms with Gasteiger partial charge >= 0.3 is 0 Å². The summed E-state index contributed by atoms with van der Waals surface area (Å²) >= 11 is 9.24. The van der Waals surface area contributed by atoms with E-state index in [1.54, 1.807) is 43.6 Å². The van der Waals surface area contributed by atoms with Gasteiger partial charge in [-0.15, -0.1) is 0 Å². The van der Waals surface area contributed by atoms with E-state index in [2.05, 4.69) is 20.9 Å². The van der Waals surface area contributed by atoms with Crippen LogP contribution in [0.5, 0.6) is 0 Å². The fourth-order valence-corrected chi connectivity index (χ4v) is 2.39. The smallest absolute Gasteiger partial charge is 0.259 e. The predicted octanol–water partition coefficient (Wildman–Crippen LogP) is 3.77. The molecule has 0 N–H and O–H groups in total. The molecule has 1 aromatic carbocycles. The quantitative estimate of drug-likeness (QED) is 0.842. The Bertz CT molecular complexity index is 554. The van der Waals surface area contributed by atoms with Gasteiger partial charge in [-0.3, -0.25) is 9.69 Å². The lowest BCUT2D eigenvalue weighted by Crippen LogP contribution is -2.26. The molecule has 0 saturated heterocycles. The number of rotatable bonds is 2. The van der Waals surface area contributed by atoms with Crippen LogP contribution in [0.3, 0.4) is 0 Å². The Labute approximate surface area is 119 Å². The van der Waals surface area contributed by atoms with E-state index in [4.69, 9.17) is 11.6 Å². The Kier molecular flexibility index (Phi) is 3.99. The number of carbonyl (C=O) groups is 1. The zero-order valence-corrected chi connectivity index (χ0v) is 11.9. The highest BCUT2D eigenvalue weighted by Crippen LogP contribution is 2.21. The third-order valence-electron chi connectivity index (χ3n) is 2.41. The number of pyridine rings is 1. The monoisotopic (exact) mass is 324 g/mol. The van der Waals surface area contributed by atoms with E-state index in [1.807, 2.05) is 6.07 Å². The van der Waals surface area contributed by atoms with Gasteiger partial charge in [-0.1, -0.05) is 33.6 Å². The molecule has 0 atom stereocenters. The maximum Gasteiger partial charge on any atom is 0.259 e. The molecule has 5 heteroatoms. The van der Waals surface area contributed by atoms with Crippen LogP contribution in [0.2, 0.25) is 5.02 Å². The molecular weight excluding hydrogens is 316 g/mol. The molecule has 18 heavy (non-hydrogen) atoms. The van der Waals surface area contributed by atoms with E-state index in [1.165, 1.54) is 4.90 Å². The number of hydrogen-bond acceptors (Lipinski definition) is 2. The van der Waals surface area contributed by atoms with Crippen LogP contribution in [0, 0.1) is 0 Å². The number of hydrogen-bond donors (Lipinski definition) is 0. The second kappa shape index (κ2) is 5.50. The van der Waals surface area contributed by atoms with Crippen LogP contribution in [0.1, 0.15) is 10.4 Å². The van der Waals surface area contributed by atoms with Crippen molar-refractivity contribution in [2.45, 2.75) is 0 Å². The maximum atomic E-state index is 12.3. The molecule has 2 aromatic rings. The molecule has 2 rings (SSSR count). The van der Waals surface area contributed by atoms with E-state index in [9.17, 15) is 4.79 Å². The predicted molar refractivity (Wildman–Crippen MR) is 76.1 cm³/mol. The summed E-state index contributed by atoms with van der Waals surface area (Å²) in [4.78, 5) is 17.9. The van der Waals surface area contributed by atoms with Crippen LogP contribution >= 0.6 is 27.5 Å². The summed E-state index contributed by atoms with van der Waals surface area (Å²) in [7, 11) is 1.68. The van der Waals surface area contributed by atoms with Gasteiger partial charge in [0.05, 0.1) is 0 Å². The normalized spacial score (nSPS) is 10.2. The van der Waals surface area contributed by atoms with Crippen LogP contribution in [0.15, 0.2) is 47.1 Å². The van der Waals surface area contributed by atoms with Crippen molar-refractivity contribution in [2.24, 2.45) is 0 Å². The molecule has 0 aliphatic carbocycles. The minimum Gasteiger partial charge on any atom is -0.296 e. The zero-order chi connectivity index (χ0) is 13.1. The zero-order valence-electron chi connectivity index (χ0n) is 9.60. The first kappa shape index (κ1) is 13.1. The molecule has 0 aliphatic heterocycles. The SMILES string of the molecule is CN(C(=O)c1cc(Cl)cc(Br)c1)c1ccccn1. The molecule has 0 radical (unpaired) electrons. The Hall–Kier alpha value is -1.39. The molecular formula is C13H10BrClN2O. The Morgan fingerprint density at radius 2 is 2.11 bits per heavy atom. The van der Waals surface area contributed by atoms with Crippen molar-refractivity contribution in [3.63, 3.8) is 0 Å². The number of amides is 1. The van der Waals surface area contributed by atoms with E-state index >= 15 is 0 Å². The summed E-state index contributed by atoms with van der Waals surface area (Å²) in [6.07, 6.45) is 1.65. The van der Waals surface area contributed by atoms with Gasteiger partial charge in [0.25, 0.3) is 5.91 Å². The number of carbonyl (C=O) groups excluding carboxylic acids is 1. The highest BCUT2D eigenvalue weighted by Gasteiger charge is 2.15. The van der Waals surface area contributed by atoms with E-state index in [-0.39, 0.29) is 5.91 Å². The molecule has 1 amide bonds. The molecule has 3 nitrogen and oxygen atoms in total. The summed E-state index contributed by atoms with van der Waals surface area (Å²) in [5.74, 6) is 0.440. The summed E-state index contributed by atoms with van der Waals surface area (Å²) in [6.45, 7) is 0. The topological polar surface area (TPSA) is 33.2 Å². The first-order valence-electron chi connectivity index (χ1n) is 5.23. The minimum atomic E-state index is -0.156. The van der Waals surface area contributed by atoms with E-state index in [0.717, 1.165) is 4.47 Å². The summed E-state index contributed by atoms with van der Waals surface area (Å²) in [5, 5.41) is 0.516. The van der Waals surface area contributed by atoms with E-state index < -0.39 is 0 Å². The largest absolute Gasteiger partial charge is 0.296 e. The lowest BCUT2D eigenvalue weighted by Gasteiger charge is -2.16. The van der Waals surface area contributed by atoms with Crippen molar-refractivity contribution in [2.75, 3.05) is 11.9 Å². The minimum absolute atomic E-state index is 0.156. The van der Waals surface area contributed by atoms with Gasteiger partial charge in [-0.2, -0.15) is 0 Å². The molecule has 1 heterocycles. The van der Waals surface area contributed by atoms with Crippen molar-refractivity contribution in [1.82, 2.24) is 4.98 Å². The van der Waals surface area contributed by atoms with Gasteiger partial charge in [-0.05, 0) is 30.3 Å². The van der Waals surface area contributed by atoms with E-state index in [0.29, 0.717) is 16.4 Å². The molecule has 0 bridgehead atoms. The van der Waals surface area contributed by atoms with Gasteiger partial charge in [0.2, 0.25) is 0 Å². The van der Waals surface area contributed by atoms with Crippen molar-refractivity contribution >= 4 is 39.3 Å². The number of aromatic nitrogens is 1. The van der Waals surface area contributed by atoms with Gasteiger partial charge in [0, 0.05) is 28.3 Å². The number of nitrogens with zero attached hydrogens (tertiary/aromatic N) is 2. The first-order valence-corrected chi connectivity index (χ1v) is 6.40. The lowest BCUT2D eigenvalue weighted by molar-refractivity contribution is 0.0992. The van der Waals surface area contributed by atoms with Crippen molar-refractivity contribution in [1.29, 1.82) is 0 Å². The molecule has 0 aliphatic rings. The van der Waals surface area contributed by atoms with Gasteiger partial charge in [0.15, 0.2) is 0 Å².